The number of hydrogen-bond donors (Lipinski definition) is 1. The van der Waals surface area contributed by atoms with Crippen molar-refractivity contribution in [1.82, 2.24) is 15.2 Å². The molecule has 3 rings (SSSR count). The topological polar surface area (TPSA) is 45.2 Å². The molecular formula is C16H15BrClN3O. The van der Waals surface area contributed by atoms with Gasteiger partial charge in [0.2, 0.25) is 0 Å². The molecule has 22 heavy (non-hydrogen) atoms. The van der Waals surface area contributed by atoms with Gasteiger partial charge in [-0.05, 0) is 45.8 Å². The summed E-state index contributed by atoms with van der Waals surface area (Å²) >= 11 is 9.39. The lowest BCUT2D eigenvalue weighted by Crippen LogP contribution is -2.48. The summed E-state index contributed by atoms with van der Waals surface area (Å²) in [6.07, 6.45) is 3.55. The Hall–Kier alpha value is -1.43. The summed E-state index contributed by atoms with van der Waals surface area (Å²) in [7, 11) is 0. The van der Waals surface area contributed by atoms with E-state index in [4.69, 9.17) is 11.6 Å². The zero-order chi connectivity index (χ0) is 15.5. The molecule has 4 nitrogen and oxygen atoms in total. The molecule has 1 aliphatic heterocycles. The first-order chi connectivity index (χ1) is 10.7. The van der Waals surface area contributed by atoms with Crippen molar-refractivity contribution in [3.63, 3.8) is 0 Å². The van der Waals surface area contributed by atoms with E-state index in [1.165, 1.54) is 0 Å². The maximum absolute atomic E-state index is 12.9. The standard InChI is InChI=1S/C16H15BrClN3O/c17-14-8-12(18)3-4-13(14)16(22)21-7-6-20-10-15(21)11-2-1-5-19-9-11/h1-5,8-9,15,20H,6-7,10H2. The third-order valence-corrected chi connectivity index (χ3v) is 4.63. The molecule has 2 aromatic rings. The number of hydrogen-bond acceptors (Lipinski definition) is 3. The van der Waals surface area contributed by atoms with Crippen molar-refractivity contribution in [2.24, 2.45) is 0 Å². The maximum Gasteiger partial charge on any atom is 0.255 e. The monoisotopic (exact) mass is 379 g/mol. The molecule has 0 saturated carbocycles. The second-order valence-corrected chi connectivity index (χ2v) is 6.42. The van der Waals surface area contributed by atoms with Gasteiger partial charge >= 0.3 is 0 Å². The van der Waals surface area contributed by atoms with Crippen molar-refractivity contribution in [3.05, 3.63) is 63.3 Å². The van der Waals surface area contributed by atoms with E-state index < -0.39 is 0 Å². The van der Waals surface area contributed by atoms with Crippen LogP contribution in [0.2, 0.25) is 5.02 Å². The molecule has 0 bridgehead atoms. The fourth-order valence-corrected chi connectivity index (χ4v) is 3.49. The normalized spacial score (nSPS) is 18.3. The first-order valence-corrected chi connectivity index (χ1v) is 8.20. The number of rotatable bonds is 2. The lowest BCUT2D eigenvalue weighted by atomic mass is 10.0. The van der Waals surface area contributed by atoms with E-state index in [9.17, 15) is 4.79 Å². The SMILES string of the molecule is O=C(c1ccc(Cl)cc1Br)N1CCNCC1c1cccnc1. The smallest absolute Gasteiger partial charge is 0.255 e. The van der Waals surface area contributed by atoms with Gasteiger partial charge in [0, 0.05) is 41.5 Å². The summed E-state index contributed by atoms with van der Waals surface area (Å²) in [5, 5.41) is 3.94. The highest BCUT2D eigenvalue weighted by molar-refractivity contribution is 9.10. The lowest BCUT2D eigenvalue weighted by molar-refractivity contribution is 0.0633. The summed E-state index contributed by atoms with van der Waals surface area (Å²) < 4.78 is 0.716. The van der Waals surface area contributed by atoms with Gasteiger partial charge in [0.05, 0.1) is 11.6 Å². The first-order valence-electron chi connectivity index (χ1n) is 7.03. The molecule has 1 amide bonds. The molecule has 1 aliphatic rings. The molecule has 0 aliphatic carbocycles. The van der Waals surface area contributed by atoms with Gasteiger partial charge in [0.25, 0.3) is 5.91 Å². The fraction of sp³-hybridized carbons (Fsp3) is 0.250. The quantitative estimate of drug-likeness (QED) is 0.869. The zero-order valence-electron chi connectivity index (χ0n) is 11.8. The Labute approximate surface area is 142 Å². The summed E-state index contributed by atoms with van der Waals surface area (Å²) in [6, 6.07) is 9.12. The van der Waals surface area contributed by atoms with Gasteiger partial charge in [0.15, 0.2) is 0 Å². The first kappa shape index (κ1) is 15.5. The van der Waals surface area contributed by atoms with E-state index in [-0.39, 0.29) is 11.9 Å². The van der Waals surface area contributed by atoms with E-state index in [1.54, 1.807) is 24.4 Å². The van der Waals surface area contributed by atoms with E-state index in [0.29, 0.717) is 21.6 Å². The van der Waals surface area contributed by atoms with E-state index in [1.807, 2.05) is 23.2 Å². The van der Waals surface area contributed by atoms with Crippen LogP contribution in [0.4, 0.5) is 0 Å². The van der Waals surface area contributed by atoms with Crippen molar-refractivity contribution in [2.45, 2.75) is 6.04 Å². The maximum atomic E-state index is 12.9. The van der Waals surface area contributed by atoms with Crippen LogP contribution in [0.3, 0.4) is 0 Å². The number of halogens is 2. The second kappa shape index (κ2) is 6.77. The zero-order valence-corrected chi connectivity index (χ0v) is 14.1. The van der Waals surface area contributed by atoms with Gasteiger partial charge in [-0.1, -0.05) is 17.7 Å². The molecule has 0 radical (unpaired) electrons. The van der Waals surface area contributed by atoms with Crippen LogP contribution in [0.25, 0.3) is 0 Å². The van der Waals surface area contributed by atoms with Crippen LogP contribution in [-0.2, 0) is 0 Å². The van der Waals surface area contributed by atoms with Gasteiger partial charge in [-0.15, -0.1) is 0 Å². The summed E-state index contributed by atoms with van der Waals surface area (Å²) in [5.41, 5.74) is 1.66. The molecular weight excluding hydrogens is 366 g/mol. The third kappa shape index (κ3) is 3.16. The molecule has 114 valence electrons. The van der Waals surface area contributed by atoms with Crippen LogP contribution in [0.1, 0.15) is 22.0 Å². The highest BCUT2D eigenvalue weighted by Crippen LogP contribution is 2.27. The highest BCUT2D eigenvalue weighted by Gasteiger charge is 2.29. The Morgan fingerprint density at radius 3 is 3.00 bits per heavy atom. The van der Waals surface area contributed by atoms with Crippen LogP contribution in [0, 0.1) is 0 Å². The van der Waals surface area contributed by atoms with Crippen molar-refractivity contribution >= 4 is 33.4 Å². The van der Waals surface area contributed by atoms with Gasteiger partial charge in [0.1, 0.15) is 0 Å². The number of nitrogens with one attached hydrogen (secondary N) is 1. The minimum Gasteiger partial charge on any atom is -0.329 e. The van der Waals surface area contributed by atoms with Crippen LogP contribution < -0.4 is 5.32 Å². The predicted octanol–water partition coefficient (Wildman–Crippen LogP) is 3.28. The number of nitrogens with zero attached hydrogens (tertiary/aromatic N) is 2. The van der Waals surface area contributed by atoms with Gasteiger partial charge in [-0.2, -0.15) is 0 Å². The third-order valence-electron chi connectivity index (χ3n) is 3.73. The molecule has 1 aromatic heterocycles. The number of aromatic nitrogens is 1. The van der Waals surface area contributed by atoms with Crippen LogP contribution in [-0.4, -0.2) is 35.4 Å². The summed E-state index contributed by atoms with van der Waals surface area (Å²) in [6.45, 7) is 2.17. The molecule has 1 unspecified atom stereocenters. The van der Waals surface area contributed by atoms with E-state index in [2.05, 4.69) is 26.2 Å². The Balaban J connectivity index is 1.92. The average molecular weight is 381 g/mol. The van der Waals surface area contributed by atoms with Crippen molar-refractivity contribution in [3.8, 4) is 0 Å². The van der Waals surface area contributed by atoms with Crippen LogP contribution in [0.5, 0.6) is 0 Å². The summed E-state index contributed by atoms with van der Waals surface area (Å²) in [4.78, 5) is 19.0. The van der Waals surface area contributed by atoms with Crippen LogP contribution >= 0.6 is 27.5 Å². The Kier molecular flexibility index (Phi) is 4.76. The number of pyridine rings is 1. The molecule has 1 saturated heterocycles. The number of carbonyl (C=O) groups is 1. The lowest BCUT2D eigenvalue weighted by Gasteiger charge is -2.36. The number of piperazine rings is 1. The number of amides is 1. The van der Waals surface area contributed by atoms with Gasteiger partial charge in [-0.25, -0.2) is 0 Å². The predicted molar refractivity (Wildman–Crippen MR) is 90.0 cm³/mol. The Morgan fingerprint density at radius 1 is 1.41 bits per heavy atom. The molecule has 1 aromatic carbocycles. The van der Waals surface area contributed by atoms with Crippen molar-refractivity contribution in [1.29, 1.82) is 0 Å². The highest BCUT2D eigenvalue weighted by atomic mass is 79.9. The Bertz CT molecular complexity index is 680. The molecule has 2 heterocycles. The molecule has 6 heteroatoms. The van der Waals surface area contributed by atoms with Crippen LogP contribution in [0.15, 0.2) is 47.2 Å². The second-order valence-electron chi connectivity index (χ2n) is 5.13. The summed E-state index contributed by atoms with van der Waals surface area (Å²) in [5.74, 6) is -0.00102. The number of carbonyl (C=O) groups excluding carboxylic acids is 1. The Morgan fingerprint density at radius 2 is 2.27 bits per heavy atom. The minimum atomic E-state index is -0.0162. The van der Waals surface area contributed by atoms with Gasteiger partial charge in [-0.3, -0.25) is 9.78 Å². The number of benzene rings is 1. The molecule has 1 atom stereocenters. The fourth-order valence-electron chi connectivity index (χ4n) is 2.64. The molecule has 0 spiro atoms. The van der Waals surface area contributed by atoms with Gasteiger partial charge < -0.3 is 10.2 Å². The average Bonchev–Trinajstić information content (AvgIpc) is 2.55. The van der Waals surface area contributed by atoms with Crippen molar-refractivity contribution in [2.75, 3.05) is 19.6 Å². The van der Waals surface area contributed by atoms with E-state index in [0.717, 1.165) is 18.7 Å². The van der Waals surface area contributed by atoms with Crippen molar-refractivity contribution < 1.29 is 4.79 Å². The molecule has 1 fully saturated rings. The minimum absolute atomic E-state index is 0.00102. The molecule has 1 N–H and O–H groups in total. The largest absolute Gasteiger partial charge is 0.329 e. The van der Waals surface area contributed by atoms with E-state index >= 15 is 0 Å².